The van der Waals surface area contributed by atoms with Crippen molar-refractivity contribution in [2.24, 2.45) is 11.8 Å². The van der Waals surface area contributed by atoms with Crippen molar-refractivity contribution in [2.45, 2.75) is 27.7 Å². The van der Waals surface area contributed by atoms with Crippen LogP contribution in [0.1, 0.15) is 27.7 Å². The number of aromatic hydroxyl groups is 1. The zero-order valence-electron chi connectivity index (χ0n) is 18.8. The van der Waals surface area contributed by atoms with Crippen molar-refractivity contribution in [1.82, 2.24) is 0 Å². The van der Waals surface area contributed by atoms with E-state index in [0.717, 1.165) is 6.07 Å². The van der Waals surface area contributed by atoms with Gasteiger partial charge >= 0.3 is 11.9 Å². The predicted molar refractivity (Wildman–Crippen MR) is 118 cm³/mol. The van der Waals surface area contributed by atoms with Crippen molar-refractivity contribution in [3.05, 3.63) is 46.6 Å². The van der Waals surface area contributed by atoms with E-state index in [2.05, 4.69) is 0 Å². The van der Waals surface area contributed by atoms with E-state index in [-0.39, 0.29) is 40.3 Å². The van der Waals surface area contributed by atoms with E-state index in [4.69, 9.17) is 23.4 Å². The Morgan fingerprint density at radius 1 is 0.909 bits per heavy atom. The van der Waals surface area contributed by atoms with Gasteiger partial charge in [0.2, 0.25) is 11.2 Å². The monoisotopic (exact) mass is 456 g/mol. The molecule has 1 heterocycles. The van der Waals surface area contributed by atoms with Crippen LogP contribution in [0.3, 0.4) is 0 Å². The summed E-state index contributed by atoms with van der Waals surface area (Å²) in [4.78, 5) is 36.4. The van der Waals surface area contributed by atoms with Gasteiger partial charge in [-0.3, -0.25) is 14.4 Å². The Morgan fingerprint density at radius 2 is 1.48 bits per heavy atom. The molecular formula is C24H24O9. The largest absolute Gasteiger partial charge is 0.504 e. The summed E-state index contributed by atoms with van der Waals surface area (Å²) in [5.74, 6) is -1.91. The first kappa shape index (κ1) is 23.6. The van der Waals surface area contributed by atoms with Crippen LogP contribution in [0.2, 0.25) is 0 Å². The van der Waals surface area contributed by atoms with E-state index >= 15 is 0 Å². The van der Waals surface area contributed by atoms with Crippen LogP contribution in [0, 0.1) is 11.8 Å². The van der Waals surface area contributed by atoms with E-state index in [9.17, 15) is 19.5 Å². The second-order valence-corrected chi connectivity index (χ2v) is 7.78. The van der Waals surface area contributed by atoms with Crippen LogP contribution in [0.15, 0.2) is 45.6 Å². The summed E-state index contributed by atoms with van der Waals surface area (Å²) in [6.07, 6.45) is 0. The van der Waals surface area contributed by atoms with Crippen molar-refractivity contribution in [3.8, 4) is 34.7 Å². The number of fused-ring (bicyclic) bond motifs is 1. The van der Waals surface area contributed by atoms with Gasteiger partial charge in [0.1, 0.15) is 22.5 Å². The highest BCUT2D eigenvalue weighted by molar-refractivity contribution is 5.90. The summed E-state index contributed by atoms with van der Waals surface area (Å²) in [5.41, 5.74) is -0.656. The molecule has 1 N–H and O–H groups in total. The number of hydrogen-bond donors (Lipinski definition) is 1. The molecule has 0 radical (unpaired) electrons. The maximum absolute atomic E-state index is 12.6. The molecular weight excluding hydrogens is 432 g/mol. The second-order valence-electron chi connectivity index (χ2n) is 7.78. The summed E-state index contributed by atoms with van der Waals surface area (Å²) >= 11 is 0. The van der Waals surface area contributed by atoms with Crippen molar-refractivity contribution in [3.63, 3.8) is 0 Å². The summed E-state index contributed by atoms with van der Waals surface area (Å²) in [6, 6.07) is 8.48. The molecule has 3 rings (SSSR count). The van der Waals surface area contributed by atoms with E-state index in [1.165, 1.54) is 37.4 Å². The molecule has 0 saturated carbocycles. The van der Waals surface area contributed by atoms with Crippen molar-refractivity contribution in [2.75, 3.05) is 7.11 Å². The number of carbonyl (C=O) groups is 2. The third-order valence-electron chi connectivity index (χ3n) is 4.51. The summed E-state index contributed by atoms with van der Waals surface area (Å²) in [6.45, 7) is 6.75. The number of phenolic OH excluding ortho intramolecular Hbond substituents is 1. The van der Waals surface area contributed by atoms with Gasteiger partial charge in [-0.2, -0.15) is 0 Å². The molecule has 0 atom stereocenters. The molecule has 9 heteroatoms. The molecule has 3 aromatic rings. The maximum Gasteiger partial charge on any atom is 0.313 e. The number of ether oxygens (including phenoxy) is 4. The van der Waals surface area contributed by atoms with Gasteiger partial charge in [0.05, 0.1) is 25.0 Å². The van der Waals surface area contributed by atoms with Gasteiger partial charge in [0.25, 0.3) is 5.95 Å². The van der Waals surface area contributed by atoms with Crippen LogP contribution < -0.4 is 24.4 Å². The minimum atomic E-state index is -0.591. The maximum atomic E-state index is 12.6. The highest BCUT2D eigenvalue weighted by Gasteiger charge is 2.22. The normalized spacial score (nSPS) is 11.0. The molecule has 33 heavy (non-hydrogen) atoms. The Morgan fingerprint density at radius 3 is 2.06 bits per heavy atom. The van der Waals surface area contributed by atoms with Crippen LogP contribution in [0.4, 0.5) is 0 Å². The molecule has 0 fully saturated rings. The van der Waals surface area contributed by atoms with Gasteiger partial charge in [0, 0.05) is 6.07 Å². The van der Waals surface area contributed by atoms with Crippen molar-refractivity contribution < 1.29 is 38.1 Å². The summed E-state index contributed by atoms with van der Waals surface area (Å²) in [7, 11) is 1.27. The predicted octanol–water partition coefficient (Wildman–Crippen LogP) is 4.42. The molecule has 0 bridgehead atoms. The van der Waals surface area contributed by atoms with Crippen LogP contribution in [0.25, 0.3) is 11.0 Å². The van der Waals surface area contributed by atoms with Gasteiger partial charge in [-0.1, -0.05) is 27.7 Å². The molecule has 9 nitrogen and oxygen atoms in total. The summed E-state index contributed by atoms with van der Waals surface area (Å²) in [5, 5.41) is 10.4. The molecule has 2 aromatic carbocycles. The average Bonchev–Trinajstić information content (AvgIpc) is 2.74. The molecule has 0 saturated heterocycles. The number of esters is 2. The van der Waals surface area contributed by atoms with E-state index in [0.29, 0.717) is 11.5 Å². The SMILES string of the molecule is COc1c(OC(=O)C(C)C)cc2oc(Oc3ccc(OC(=O)C(C)C)cc3)cc(=O)c2c1O. The Balaban J connectivity index is 1.94. The quantitative estimate of drug-likeness (QED) is 0.406. The Kier molecular flexibility index (Phi) is 6.91. The zero-order chi connectivity index (χ0) is 24.3. The smallest absolute Gasteiger partial charge is 0.313 e. The first-order valence-electron chi connectivity index (χ1n) is 10.2. The number of benzene rings is 2. The summed E-state index contributed by atoms with van der Waals surface area (Å²) < 4.78 is 26.8. The zero-order valence-corrected chi connectivity index (χ0v) is 18.8. The van der Waals surface area contributed by atoms with Crippen LogP contribution in [-0.2, 0) is 9.59 Å². The lowest BCUT2D eigenvalue weighted by atomic mass is 10.1. The highest BCUT2D eigenvalue weighted by atomic mass is 16.6. The number of methoxy groups -OCH3 is 1. The third-order valence-corrected chi connectivity index (χ3v) is 4.51. The van der Waals surface area contributed by atoms with Crippen LogP contribution in [-0.4, -0.2) is 24.2 Å². The lowest BCUT2D eigenvalue weighted by Gasteiger charge is -2.14. The van der Waals surface area contributed by atoms with E-state index in [1.54, 1.807) is 27.7 Å². The third kappa shape index (κ3) is 5.25. The van der Waals surface area contributed by atoms with Crippen molar-refractivity contribution in [1.29, 1.82) is 0 Å². The average molecular weight is 456 g/mol. The van der Waals surface area contributed by atoms with Gasteiger partial charge in [-0.05, 0) is 24.3 Å². The van der Waals surface area contributed by atoms with Crippen LogP contribution in [0.5, 0.6) is 34.7 Å². The molecule has 0 amide bonds. The minimum absolute atomic E-state index is 0.0650. The fourth-order valence-electron chi connectivity index (χ4n) is 2.71. The molecule has 0 aliphatic rings. The standard InChI is InChI=1S/C24H24O9/c1-12(2)23(27)31-15-8-6-14(7-9-15)30-19-10-16(25)20-17(32-19)11-18(22(29-5)21(20)26)33-24(28)13(3)4/h6-13,26H,1-5H3. The number of hydrogen-bond acceptors (Lipinski definition) is 9. The fraction of sp³-hybridized carbons (Fsp3) is 0.292. The second kappa shape index (κ2) is 9.64. The van der Waals surface area contributed by atoms with Gasteiger partial charge in [0.15, 0.2) is 11.5 Å². The Labute approximate surface area is 189 Å². The molecule has 0 unspecified atom stereocenters. The van der Waals surface area contributed by atoms with E-state index < -0.39 is 23.1 Å². The molecule has 0 aliphatic heterocycles. The fourth-order valence-corrected chi connectivity index (χ4v) is 2.71. The molecule has 0 spiro atoms. The van der Waals surface area contributed by atoms with Gasteiger partial charge in [-0.25, -0.2) is 0 Å². The number of carbonyl (C=O) groups excluding carboxylic acids is 2. The first-order chi connectivity index (χ1) is 15.6. The molecule has 0 aliphatic carbocycles. The lowest BCUT2D eigenvalue weighted by Crippen LogP contribution is -2.15. The van der Waals surface area contributed by atoms with Gasteiger partial charge in [-0.15, -0.1) is 0 Å². The number of rotatable bonds is 7. The first-order valence-corrected chi connectivity index (χ1v) is 10.2. The number of phenols is 1. The molecule has 174 valence electrons. The minimum Gasteiger partial charge on any atom is -0.504 e. The van der Waals surface area contributed by atoms with Crippen molar-refractivity contribution >= 4 is 22.9 Å². The van der Waals surface area contributed by atoms with Gasteiger partial charge < -0.3 is 28.5 Å². The van der Waals surface area contributed by atoms with Crippen LogP contribution >= 0.6 is 0 Å². The van der Waals surface area contributed by atoms with E-state index in [1.807, 2.05) is 0 Å². The lowest BCUT2D eigenvalue weighted by molar-refractivity contribution is -0.138. The Bertz CT molecular complexity index is 1240. The Hall–Kier alpha value is -4.01. The highest BCUT2D eigenvalue weighted by Crippen LogP contribution is 2.42. The topological polar surface area (TPSA) is 122 Å². The molecule has 1 aromatic heterocycles.